The third-order valence-corrected chi connectivity index (χ3v) is 9.90. The van der Waals surface area contributed by atoms with Crippen molar-refractivity contribution in [2.75, 3.05) is 0 Å². The second-order valence-electron chi connectivity index (χ2n) is 13.1. The Bertz CT molecular complexity index is 3200. The molecular formula is C46H26N4O2. The number of oxazole rings is 1. The molecule has 11 rings (SSSR count). The molecular weight excluding hydrogens is 641 g/mol. The summed E-state index contributed by atoms with van der Waals surface area (Å²) in [6.45, 7) is 0. The van der Waals surface area contributed by atoms with Crippen LogP contribution in [0.15, 0.2) is 167 Å². The SMILES string of the molecule is c1ccc(-c2nc(-c3ccc4ccccc4c3)nc(-c3ccc4ccc5oc6ccc7nc(-c8ccc9ccccc9c8)oc7c6c5c4c3)n2)cc1. The van der Waals surface area contributed by atoms with E-state index in [1.54, 1.807) is 0 Å². The lowest BCUT2D eigenvalue weighted by molar-refractivity contribution is 0.622. The monoisotopic (exact) mass is 666 g/mol. The van der Waals surface area contributed by atoms with Crippen LogP contribution in [-0.4, -0.2) is 19.9 Å². The van der Waals surface area contributed by atoms with Gasteiger partial charge in [-0.2, -0.15) is 0 Å². The molecule has 0 bridgehead atoms. The van der Waals surface area contributed by atoms with Crippen molar-refractivity contribution in [3.8, 4) is 45.6 Å². The summed E-state index contributed by atoms with van der Waals surface area (Å²) in [5.74, 6) is 2.40. The molecule has 0 spiro atoms. The molecule has 0 unspecified atom stereocenters. The Morgan fingerprint density at radius 1 is 0.346 bits per heavy atom. The second kappa shape index (κ2) is 11.2. The van der Waals surface area contributed by atoms with Gasteiger partial charge in [-0.15, -0.1) is 0 Å². The predicted octanol–water partition coefficient (Wildman–Crippen LogP) is 12.0. The summed E-state index contributed by atoms with van der Waals surface area (Å²) >= 11 is 0. The molecule has 6 heteroatoms. The molecule has 0 aliphatic heterocycles. The molecule has 0 saturated heterocycles. The van der Waals surface area contributed by atoms with E-state index in [1.165, 1.54) is 10.8 Å². The zero-order valence-corrected chi connectivity index (χ0v) is 27.6. The fraction of sp³-hybridized carbons (Fsp3) is 0. The first-order chi connectivity index (χ1) is 25.7. The number of rotatable bonds is 4. The highest BCUT2D eigenvalue weighted by molar-refractivity contribution is 6.25. The highest BCUT2D eigenvalue weighted by Gasteiger charge is 2.20. The van der Waals surface area contributed by atoms with Gasteiger partial charge < -0.3 is 8.83 Å². The second-order valence-corrected chi connectivity index (χ2v) is 13.1. The van der Waals surface area contributed by atoms with Crippen molar-refractivity contribution in [3.05, 3.63) is 158 Å². The molecule has 0 saturated carbocycles. The highest BCUT2D eigenvalue weighted by atomic mass is 16.4. The molecule has 3 heterocycles. The normalized spacial score (nSPS) is 11.8. The van der Waals surface area contributed by atoms with Gasteiger partial charge in [0, 0.05) is 27.6 Å². The minimum absolute atomic E-state index is 0.573. The Labute approximate surface area is 296 Å². The molecule has 0 aliphatic rings. The lowest BCUT2D eigenvalue weighted by atomic mass is 10.0. The minimum Gasteiger partial charge on any atom is -0.456 e. The van der Waals surface area contributed by atoms with Crippen molar-refractivity contribution in [3.63, 3.8) is 0 Å². The predicted molar refractivity (Wildman–Crippen MR) is 209 cm³/mol. The van der Waals surface area contributed by atoms with Crippen LogP contribution in [0.3, 0.4) is 0 Å². The quantitative estimate of drug-likeness (QED) is 0.186. The van der Waals surface area contributed by atoms with Gasteiger partial charge in [0.1, 0.15) is 16.7 Å². The maximum Gasteiger partial charge on any atom is 0.227 e. The third kappa shape index (κ3) is 4.58. The summed E-state index contributed by atoms with van der Waals surface area (Å²) in [5.41, 5.74) is 6.64. The molecule has 8 aromatic carbocycles. The summed E-state index contributed by atoms with van der Waals surface area (Å²) in [7, 11) is 0. The smallest absolute Gasteiger partial charge is 0.227 e. The van der Waals surface area contributed by atoms with Crippen LogP contribution in [0.25, 0.3) is 111 Å². The van der Waals surface area contributed by atoms with Crippen LogP contribution in [0.4, 0.5) is 0 Å². The Morgan fingerprint density at radius 3 is 1.62 bits per heavy atom. The fourth-order valence-electron chi connectivity index (χ4n) is 7.32. The number of furan rings is 1. The molecule has 0 atom stereocenters. The molecule has 11 aromatic rings. The van der Waals surface area contributed by atoms with E-state index in [0.717, 1.165) is 71.3 Å². The van der Waals surface area contributed by atoms with E-state index in [1.807, 2.05) is 72.8 Å². The zero-order chi connectivity index (χ0) is 34.2. The Kier molecular flexibility index (Phi) is 6.15. The highest BCUT2D eigenvalue weighted by Crippen LogP contribution is 2.41. The maximum atomic E-state index is 6.60. The zero-order valence-electron chi connectivity index (χ0n) is 27.6. The number of fused-ring (bicyclic) bond motifs is 9. The Hall–Kier alpha value is -7.18. The van der Waals surface area contributed by atoms with E-state index in [4.69, 9.17) is 28.8 Å². The van der Waals surface area contributed by atoms with Gasteiger partial charge in [0.15, 0.2) is 23.1 Å². The number of benzene rings is 8. The van der Waals surface area contributed by atoms with Crippen molar-refractivity contribution < 1.29 is 8.83 Å². The van der Waals surface area contributed by atoms with Crippen LogP contribution in [0.2, 0.25) is 0 Å². The summed E-state index contributed by atoms with van der Waals surface area (Å²) < 4.78 is 13.0. The molecule has 0 N–H and O–H groups in total. The van der Waals surface area contributed by atoms with Gasteiger partial charge in [0.2, 0.25) is 5.89 Å². The van der Waals surface area contributed by atoms with E-state index >= 15 is 0 Å². The first-order valence-electron chi connectivity index (χ1n) is 17.2. The maximum absolute atomic E-state index is 6.60. The van der Waals surface area contributed by atoms with E-state index in [2.05, 4.69) is 84.9 Å². The van der Waals surface area contributed by atoms with Crippen LogP contribution < -0.4 is 0 Å². The molecule has 52 heavy (non-hydrogen) atoms. The van der Waals surface area contributed by atoms with Gasteiger partial charge in [0.25, 0.3) is 0 Å². The van der Waals surface area contributed by atoms with Crippen molar-refractivity contribution in [1.29, 1.82) is 0 Å². The molecule has 0 fully saturated rings. The molecule has 6 nitrogen and oxygen atoms in total. The minimum atomic E-state index is 0.573. The molecule has 242 valence electrons. The van der Waals surface area contributed by atoms with Crippen LogP contribution in [0.5, 0.6) is 0 Å². The summed E-state index contributed by atoms with van der Waals surface area (Å²) in [5, 5.41) is 8.55. The van der Waals surface area contributed by atoms with Gasteiger partial charge in [-0.1, -0.05) is 115 Å². The summed E-state index contributed by atoms with van der Waals surface area (Å²) in [6.07, 6.45) is 0. The molecule has 0 radical (unpaired) electrons. The van der Waals surface area contributed by atoms with Crippen LogP contribution in [-0.2, 0) is 0 Å². The lowest BCUT2D eigenvalue weighted by Crippen LogP contribution is -2.00. The van der Waals surface area contributed by atoms with Crippen molar-refractivity contribution in [2.45, 2.75) is 0 Å². The van der Waals surface area contributed by atoms with Gasteiger partial charge in [-0.05, 0) is 74.8 Å². The average molecular weight is 667 g/mol. The van der Waals surface area contributed by atoms with E-state index < -0.39 is 0 Å². The standard InChI is InChI=1S/C46H26N4O2/c1-2-10-30(11-3-1)43-48-44(33-17-14-27-8-4-6-12-31(27)24-33)50-45(49-43)34-18-16-29-20-22-38-40(36(29)26-34)41-39(51-38)23-21-37-42(41)52-46(47-37)35-19-15-28-9-5-7-13-32(28)25-35/h1-26H. The van der Waals surface area contributed by atoms with Crippen molar-refractivity contribution in [2.24, 2.45) is 0 Å². The molecule has 0 amide bonds. The summed E-state index contributed by atoms with van der Waals surface area (Å²) in [6, 6.07) is 53.7. The van der Waals surface area contributed by atoms with Crippen molar-refractivity contribution >= 4 is 65.4 Å². The first-order valence-corrected chi connectivity index (χ1v) is 17.2. The average Bonchev–Trinajstić information content (AvgIpc) is 3.83. The van der Waals surface area contributed by atoms with Gasteiger partial charge in [0.05, 0.1) is 5.39 Å². The largest absolute Gasteiger partial charge is 0.456 e. The van der Waals surface area contributed by atoms with Crippen molar-refractivity contribution in [1.82, 2.24) is 19.9 Å². The molecule has 0 aliphatic carbocycles. The molecule has 3 aromatic heterocycles. The van der Waals surface area contributed by atoms with Crippen LogP contribution >= 0.6 is 0 Å². The number of aromatic nitrogens is 4. The first kappa shape index (κ1) is 28.6. The van der Waals surface area contributed by atoms with E-state index in [-0.39, 0.29) is 0 Å². The van der Waals surface area contributed by atoms with Gasteiger partial charge in [-0.25, -0.2) is 19.9 Å². The Balaban J connectivity index is 1.12. The number of nitrogens with zero attached hydrogens (tertiary/aromatic N) is 4. The Morgan fingerprint density at radius 2 is 0.885 bits per heavy atom. The van der Waals surface area contributed by atoms with Gasteiger partial charge >= 0.3 is 0 Å². The fourth-order valence-corrected chi connectivity index (χ4v) is 7.32. The third-order valence-electron chi connectivity index (χ3n) is 9.90. The van der Waals surface area contributed by atoms with E-state index in [0.29, 0.717) is 28.9 Å². The van der Waals surface area contributed by atoms with E-state index in [9.17, 15) is 0 Å². The van der Waals surface area contributed by atoms with Crippen LogP contribution in [0, 0.1) is 0 Å². The summed E-state index contributed by atoms with van der Waals surface area (Å²) in [4.78, 5) is 20.0. The lowest BCUT2D eigenvalue weighted by Gasteiger charge is -2.10. The number of hydrogen-bond acceptors (Lipinski definition) is 6. The van der Waals surface area contributed by atoms with Gasteiger partial charge in [-0.3, -0.25) is 0 Å². The van der Waals surface area contributed by atoms with Crippen LogP contribution in [0.1, 0.15) is 0 Å². The number of hydrogen-bond donors (Lipinski definition) is 0. The topological polar surface area (TPSA) is 77.8 Å².